The molecule has 0 saturated carbocycles. The number of carbonyl (C=O) groups is 1. The van der Waals surface area contributed by atoms with Crippen LogP contribution in [0.1, 0.15) is 10.4 Å². The molecular formula is C15H14ClFN2OS. The van der Waals surface area contributed by atoms with Gasteiger partial charge in [-0.1, -0.05) is 11.6 Å². The number of anilines is 1. The third-order valence-electron chi connectivity index (χ3n) is 3.46. The number of hydrogen-bond acceptors (Lipinski definition) is 3. The smallest absolute Gasteiger partial charge is 0.238 e. The molecule has 1 aliphatic rings. The Morgan fingerprint density at radius 1 is 1.43 bits per heavy atom. The average molecular weight is 325 g/mol. The van der Waals surface area contributed by atoms with Crippen LogP contribution in [0.5, 0.6) is 0 Å². The maximum absolute atomic E-state index is 13.6. The Labute approximate surface area is 131 Å². The van der Waals surface area contributed by atoms with Gasteiger partial charge in [-0.3, -0.25) is 9.69 Å². The molecule has 0 fully saturated rings. The van der Waals surface area contributed by atoms with Crippen LogP contribution in [0.4, 0.5) is 10.1 Å². The Balaban J connectivity index is 1.61. The fourth-order valence-electron chi connectivity index (χ4n) is 2.43. The molecule has 2 heterocycles. The number of benzene rings is 1. The van der Waals surface area contributed by atoms with E-state index >= 15 is 0 Å². The fourth-order valence-corrected chi connectivity index (χ4v) is 3.49. The lowest BCUT2D eigenvalue weighted by Crippen LogP contribution is -2.36. The summed E-state index contributed by atoms with van der Waals surface area (Å²) in [6.07, 6.45) is 0.964. The summed E-state index contributed by atoms with van der Waals surface area (Å²) in [6.45, 7) is 1.87. The van der Waals surface area contributed by atoms with Crippen LogP contribution < -0.4 is 5.32 Å². The van der Waals surface area contributed by atoms with E-state index in [1.54, 1.807) is 11.3 Å². The van der Waals surface area contributed by atoms with Gasteiger partial charge in [0.15, 0.2) is 0 Å². The number of fused-ring (bicyclic) bond motifs is 1. The number of hydrogen-bond donors (Lipinski definition) is 1. The van der Waals surface area contributed by atoms with E-state index in [1.807, 2.05) is 0 Å². The SMILES string of the molecule is O=C(CN1CCc2sccc2C1)Nc1cc(Cl)ccc1F. The van der Waals surface area contributed by atoms with Crippen LogP contribution >= 0.6 is 22.9 Å². The van der Waals surface area contributed by atoms with Gasteiger partial charge < -0.3 is 5.32 Å². The highest BCUT2D eigenvalue weighted by Crippen LogP contribution is 2.24. The van der Waals surface area contributed by atoms with Gasteiger partial charge in [-0.15, -0.1) is 11.3 Å². The molecule has 6 heteroatoms. The summed E-state index contributed by atoms with van der Waals surface area (Å²) in [4.78, 5) is 15.5. The van der Waals surface area contributed by atoms with E-state index in [0.29, 0.717) is 5.02 Å². The Hall–Kier alpha value is -1.43. The van der Waals surface area contributed by atoms with Crippen LogP contribution in [0.2, 0.25) is 5.02 Å². The summed E-state index contributed by atoms with van der Waals surface area (Å²) >= 11 is 7.57. The summed E-state index contributed by atoms with van der Waals surface area (Å²) in [5.41, 5.74) is 1.41. The number of nitrogens with zero attached hydrogens (tertiary/aromatic N) is 1. The second kappa shape index (κ2) is 6.13. The minimum Gasteiger partial charge on any atom is -0.322 e. The molecule has 1 N–H and O–H groups in total. The highest BCUT2D eigenvalue weighted by atomic mass is 35.5. The van der Waals surface area contributed by atoms with Gasteiger partial charge in [0.05, 0.1) is 12.2 Å². The number of amides is 1. The lowest BCUT2D eigenvalue weighted by Gasteiger charge is -2.26. The van der Waals surface area contributed by atoms with Crippen molar-refractivity contribution < 1.29 is 9.18 Å². The van der Waals surface area contributed by atoms with Crippen molar-refractivity contribution in [1.82, 2.24) is 4.90 Å². The molecular weight excluding hydrogens is 311 g/mol. The fraction of sp³-hybridized carbons (Fsp3) is 0.267. The number of rotatable bonds is 3. The summed E-state index contributed by atoms with van der Waals surface area (Å²) in [5.74, 6) is -0.707. The molecule has 1 aliphatic heterocycles. The molecule has 0 unspecified atom stereocenters. The number of carbonyl (C=O) groups excluding carboxylic acids is 1. The molecule has 0 spiro atoms. The summed E-state index contributed by atoms with van der Waals surface area (Å²) in [6, 6.07) is 6.22. The Morgan fingerprint density at radius 3 is 3.14 bits per heavy atom. The zero-order chi connectivity index (χ0) is 14.8. The molecule has 3 nitrogen and oxygen atoms in total. The zero-order valence-electron chi connectivity index (χ0n) is 11.2. The normalized spacial score (nSPS) is 14.8. The maximum atomic E-state index is 13.6. The van der Waals surface area contributed by atoms with Crippen LogP contribution in [0, 0.1) is 5.82 Å². The van der Waals surface area contributed by atoms with Gasteiger partial charge in [0.1, 0.15) is 5.82 Å². The third kappa shape index (κ3) is 3.43. The molecule has 110 valence electrons. The van der Waals surface area contributed by atoms with E-state index in [-0.39, 0.29) is 18.1 Å². The van der Waals surface area contributed by atoms with E-state index < -0.39 is 5.82 Å². The molecule has 0 radical (unpaired) electrons. The Morgan fingerprint density at radius 2 is 2.29 bits per heavy atom. The first-order valence-corrected chi connectivity index (χ1v) is 7.90. The average Bonchev–Trinajstić information content (AvgIpc) is 2.90. The first-order chi connectivity index (χ1) is 10.1. The van der Waals surface area contributed by atoms with Crippen molar-refractivity contribution in [1.29, 1.82) is 0 Å². The molecule has 2 aromatic rings. The van der Waals surface area contributed by atoms with Crippen LogP contribution in [0.3, 0.4) is 0 Å². The first-order valence-electron chi connectivity index (χ1n) is 6.64. The molecule has 1 amide bonds. The second-order valence-electron chi connectivity index (χ2n) is 5.00. The number of nitrogens with one attached hydrogen (secondary N) is 1. The van der Waals surface area contributed by atoms with Gasteiger partial charge in [-0.2, -0.15) is 0 Å². The molecule has 0 saturated heterocycles. The van der Waals surface area contributed by atoms with Crippen molar-refractivity contribution >= 4 is 34.5 Å². The Kier molecular flexibility index (Phi) is 4.24. The minimum atomic E-state index is -0.480. The van der Waals surface area contributed by atoms with Crippen molar-refractivity contribution in [3.8, 4) is 0 Å². The topological polar surface area (TPSA) is 32.3 Å². The van der Waals surface area contributed by atoms with E-state index in [1.165, 1.54) is 28.6 Å². The summed E-state index contributed by atoms with van der Waals surface area (Å²) in [7, 11) is 0. The summed E-state index contributed by atoms with van der Waals surface area (Å²) in [5, 5.41) is 5.05. The molecule has 1 aromatic heterocycles. The van der Waals surface area contributed by atoms with E-state index in [4.69, 9.17) is 11.6 Å². The van der Waals surface area contributed by atoms with Gasteiger partial charge in [0.2, 0.25) is 5.91 Å². The predicted molar refractivity (Wildman–Crippen MR) is 83.3 cm³/mol. The van der Waals surface area contributed by atoms with Crippen LogP contribution in [0.25, 0.3) is 0 Å². The molecule has 3 rings (SSSR count). The van der Waals surface area contributed by atoms with Gasteiger partial charge in [-0.05, 0) is 41.6 Å². The molecule has 0 aliphatic carbocycles. The lowest BCUT2D eigenvalue weighted by molar-refractivity contribution is -0.117. The maximum Gasteiger partial charge on any atom is 0.238 e. The van der Waals surface area contributed by atoms with E-state index in [0.717, 1.165) is 19.5 Å². The predicted octanol–water partition coefficient (Wildman–Crippen LogP) is 3.54. The van der Waals surface area contributed by atoms with Gasteiger partial charge >= 0.3 is 0 Å². The molecule has 0 bridgehead atoms. The van der Waals surface area contributed by atoms with Crippen molar-refractivity contribution in [2.45, 2.75) is 13.0 Å². The highest BCUT2D eigenvalue weighted by molar-refractivity contribution is 7.10. The standard InChI is InChI=1S/C15H14ClFN2OS/c16-11-1-2-12(17)13(7-11)18-15(20)9-19-5-3-14-10(8-19)4-6-21-14/h1-2,4,6-7H,3,5,8-9H2,(H,18,20). The largest absolute Gasteiger partial charge is 0.322 e. The Bertz CT molecular complexity index is 673. The third-order valence-corrected chi connectivity index (χ3v) is 4.71. The van der Waals surface area contributed by atoms with Crippen molar-refractivity contribution in [2.24, 2.45) is 0 Å². The molecule has 21 heavy (non-hydrogen) atoms. The van der Waals surface area contributed by atoms with Crippen LogP contribution in [0.15, 0.2) is 29.6 Å². The van der Waals surface area contributed by atoms with Gasteiger partial charge in [-0.25, -0.2) is 4.39 Å². The molecule has 1 aromatic carbocycles. The minimum absolute atomic E-state index is 0.126. The zero-order valence-corrected chi connectivity index (χ0v) is 12.8. The lowest BCUT2D eigenvalue weighted by atomic mass is 10.1. The van der Waals surface area contributed by atoms with Gasteiger partial charge in [0.25, 0.3) is 0 Å². The van der Waals surface area contributed by atoms with Crippen molar-refractivity contribution in [3.63, 3.8) is 0 Å². The molecule has 0 atom stereocenters. The monoisotopic (exact) mass is 324 g/mol. The van der Waals surface area contributed by atoms with Crippen molar-refractivity contribution in [3.05, 3.63) is 50.9 Å². The second-order valence-corrected chi connectivity index (χ2v) is 6.44. The highest BCUT2D eigenvalue weighted by Gasteiger charge is 2.19. The van der Waals surface area contributed by atoms with Gasteiger partial charge in [0, 0.05) is 23.0 Å². The summed E-state index contributed by atoms with van der Waals surface area (Å²) < 4.78 is 13.6. The number of thiophene rings is 1. The van der Waals surface area contributed by atoms with E-state index in [9.17, 15) is 9.18 Å². The first kappa shape index (κ1) is 14.5. The van der Waals surface area contributed by atoms with Crippen LogP contribution in [-0.4, -0.2) is 23.9 Å². The van der Waals surface area contributed by atoms with E-state index in [2.05, 4.69) is 21.7 Å². The number of halogens is 2. The van der Waals surface area contributed by atoms with Crippen LogP contribution in [-0.2, 0) is 17.8 Å². The quantitative estimate of drug-likeness (QED) is 0.936. The van der Waals surface area contributed by atoms with Crippen molar-refractivity contribution in [2.75, 3.05) is 18.4 Å².